The first-order chi connectivity index (χ1) is 15.2. The van der Waals surface area contributed by atoms with E-state index >= 15 is 0 Å². The number of anilines is 1. The van der Waals surface area contributed by atoms with Crippen LogP contribution in [0.15, 0.2) is 59.0 Å². The van der Waals surface area contributed by atoms with Gasteiger partial charge in [0.25, 0.3) is 0 Å². The Labute approximate surface area is 187 Å². The number of benzene rings is 2. The fourth-order valence-corrected chi connectivity index (χ4v) is 3.97. The van der Waals surface area contributed by atoms with Crippen molar-refractivity contribution in [3.05, 3.63) is 76.6 Å². The molecule has 1 aliphatic heterocycles. The Hall–Kier alpha value is -2.86. The maximum Gasteiger partial charge on any atom is 0.318 e. The predicted octanol–water partition coefficient (Wildman–Crippen LogP) is 4.75. The maximum absolute atomic E-state index is 12.8. The SMILES string of the molecule is O=C(Cc1ccc(Cl)cc1)N[C@H](Cc1ccccc1)c1nnc(N2CCCCCC2)o1. The molecule has 0 bridgehead atoms. The quantitative estimate of drug-likeness (QED) is 0.576. The van der Waals surface area contributed by atoms with Crippen molar-refractivity contribution in [2.45, 2.75) is 44.6 Å². The van der Waals surface area contributed by atoms with Crippen LogP contribution in [-0.4, -0.2) is 29.2 Å². The molecular formula is C24H27ClN4O2. The molecule has 0 unspecified atom stereocenters. The lowest BCUT2D eigenvalue weighted by molar-refractivity contribution is -0.121. The zero-order valence-electron chi connectivity index (χ0n) is 17.5. The molecule has 3 aromatic rings. The summed E-state index contributed by atoms with van der Waals surface area (Å²) in [5.74, 6) is 0.338. The smallest absolute Gasteiger partial charge is 0.318 e. The molecule has 2 aromatic carbocycles. The number of hydrogen-bond acceptors (Lipinski definition) is 5. The molecule has 1 fully saturated rings. The minimum atomic E-state index is -0.393. The molecule has 1 atom stereocenters. The lowest BCUT2D eigenvalue weighted by atomic mass is 10.1. The van der Waals surface area contributed by atoms with Crippen LogP contribution in [0.5, 0.6) is 0 Å². The van der Waals surface area contributed by atoms with Crippen molar-refractivity contribution in [2.24, 2.45) is 0 Å². The molecule has 1 aromatic heterocycles. The van der Waals surface area contributed by atoms with E-state index in [0.717, 1.165) is 37.1 Å². The van der Waals surface area contributed by atoms with Crippen molar-refractivity contribution < 1.29 is 9.21 Å². The lowest BCUT2D eigenvalue weighted by Gasteiger charge is -2.18. The molecule has 7 heteroatoms. The monoisotopic (exact) mass is 438 g/mol. The summed E-state index contributed by atoms with van der Waals surface area (Å²) in [6.07, 6.45) is 5.56. The van der Waals surface area contributed by atoms with Gasteiger partial charge in [0, 0.05) is 24.5 Å². The van der Waals surface area contributed by atoms with Gasteiger partial charge in [0.15, 0.2) is 0 Å². The minimum absolute atomic E-state index is 0.0993. The summed E-state index contributed by atoms with van der Waals surface area (Å²) in [4.78, 5) is 14.9. The van der Waals surface area contributed by atoms with Gasteiger partial charge in [-0.25, -0.2) is 0 Å². The van der Waals surface area contributed by atoms with E-state index in [1.165, 1.54) is 12.8 Å². The normalized spacial score (nSPS) is 15.3. The second-order valence-electron chi connectivity index (χ2n) is 7.94. The molecule has 2 heterocycles. The number of carbonyl (C=O) groups is 1. The number of aromatic nitrogens is 2. The van der Waals surface area contributed by atoms with Crippen LogP contribution in [0.3, 0.4) is 0 Å². The zero-order valence-corrected chi connectivity index (χ0v) is 18.2. The van der Waals surface area contributed by atoms with Crippen LogP contribution in [0.1, 0.15) is 48.7 Å². The highest BCUT2D eigenvalue weighted by Crippen LogP contribution is 2.23. The number of halogens is 1. The average molecular weight is 439 g/mol. The third kappa shape index (κ3) is 6.07. The third-order valence-electron chi connectivity index (χ3n) is 5.50. The topological polar surface area (TPSA) is 71.3 Å². The van der Waals surface area contributed by atoms with Crippen LogP contribution in [0.25, 0.3) is 0 Å². The first-order valence-electron chi connectivity index (χ1n) is 10.8. The van der Waals surface area contributed by atoms with Crippen LogP contribution < -0.4 is 10.2 Å². The highest BCUT2D eigenvalue weighted by molar-refractivity contribution is 6.30. The zero-order chi connectivity index (χ0) is 21.5. The maximum atomic E-state index is 12.8. The molecule has 0 aliphatic carbocycles. The molecule has 0 radical (unpaired) electrons. The second-order valence-corrected chi connectivity index (χ2v) is 8.37. The van der Waals surface area contributed by atoms with E-state index in [0.29, 0.717) is 23.3 Å². The van der Waals surface area contributed by atoms with Crippen LogP contribution in [0, 0.1) is 0 Å². The summed E-state index contributed by atoms with van der Waals surface area (Å²) in [6.45, 7) is 1.85. The summed E-state index contributed by atoms with van der Waals surface area (Å²) >= 11 is 5.95. The van der Waals surface area contributed by atoms with Crippen molar-refractivity contribution in [3.63, 3.8) is 0 Å². The molecule has 1 saturated heterocycles. The van der Waals surface area contributed by atoms with Gasteiger partial charge in [-0.05, 0) is 36.1 Å². The van der Waals surface area contributed by atoms with Crippen molar-refractivity contribution in [2.75, 3.05) is 18.0 Å². The number of amides is 1. The molecule has 4 rings (SSSR count). The first-order valence-corrected chi connectivity index (χ1v) is 11.2. The van der Waals surface area contributed by atoms with Crippen molar-refractivity contribution in [1.29, 1.82) is 0 Å². The molecule has 162 valence electrons. The first kappa shape index (κ1) is 21.4. The Kier molecular flexibility index (Phi) is 7.20. The molecule has 1 aliphatic rings. The van der Waals surface area contributed by atoms with E-state index in [4.69, 9.17) is 16.0 Å². The van der Waals surface area contributed by atoms with Gasteiger partial charge in [0.2, 0.25) is 11.8 Å². The summed E-state index contributed by atoms with van der Waals surface area (Å²) in [5, 5.41) is 12.3. The number of nitrogens with one attached hydrogen (secondary N) is 1. The molecule has 31 heavy (non-hydrogen) atoms. The lowest BCUT2D eigenvalue weighted by Crippen LogP contribution is -2.31. The average Bonchev–Trinajstić information content (AvgIpc) is 3.11. The minimum Gasteiger partial charge on any atom is -0.406 e. The summed E-state index contributed by atoms with van der Waals surface area (Å²) in [7, 11) is 0. The van der Waals surface area contributed by atoms with Gasteiger partial charge in [-0.15, -0.1) is 5.10 Å². The number of hydrogen-bond donors (Lipinski definition) is 1. The van der Waals surface area contributed by atoms with E-state index < -0.39 is 6.04 Å². The van der Waals surface area contributed by atoms with Gasteiger partial charge in [-0.3, -0.25) is 4.79 Å². The Morgan fingerprint density at radius 3 is 2.39 bits per heavy atom. The Balaban J connectivity index is 1.50. The highest BCUT2D eigenvalue weighted by atomic mass is 35.5. The van der Waals surface area contributed by atoms with E-state index in [2.05, 4.69) is 20.4 Å². The van der Waals surface area contributed by atoms with Gasteiger partial charge in [0.05, 0.1) is 6.42 Å². The standard InChI is InChI=1S/C24H27ClN4O2/c25-20-12-10-19(11-13-20)17-22(30)26-21(16-18-8-4-3-5-9-18)23-27-28-24(31-23)29-14-6-1-2-7-15-29/h3-5,8-13,21H,1-2,6-7,14-17H2,(H,26,30)/t21-/m1/s1. The Bertz CT molecular complexity index is 967. The fourth-order valence-electron chi connectivity index (χ4n) is 3.84. The molecule has 1 N–H and O–H groups in total. The highest BCUT2D eigenvalue weighted by Gasteiger charge is 2.24. The molecule has 6 nitrogen and oxygen atoms in total. The Morgan fingerprint density at radius 2 is 1.68 bits per heavy atom. The fraction of sp³-hybridized carbons (Fsp3) is 0.375. The van der Waals surface area contributed by atoms with E-state index in [1.54, 1.807) is 12.1 Å². The summed E-state index contributed by atoms with van der Waals surface area (Å²) < 4.78 is 6.05. The number of nitrogens with zero attached hydrogens (tertiary/aromatic N) is 3. The van der Waals surface area contributed by atoms with Gasteiger partial charge < -0.3 is 14.6 Å². The Morgan fingerprint density at radius 1 is 0.968 bits per heavy atom. The van der Waals surface area contributed by atoms with Crippen LogP contribution >= 0.6 is 11.6 Å². The summed E-state index contributed by atoms with van der Waals surface area (Å²) in [5.41, 5.74) is 1.99. The molecular weight excluding hydrogens is 412 g/mol. The largest absolute Gasteiger partial charge is 0.406 e. The summed E-state index contributed by atoms with van der Waals surface area (Å²) in [6, 6.07) is 17.5. The van der Waals surface area contributed by atoms with E-state index in [9.17, 15) is 4.79 Å². The van der Waals surface area contributed by atoms with E-state index in [1.807, 2.05) is 42.5 Å². The van der Waals surface area contributed by atoms with Gasteiger partial charge in [-0.1, -0.05) is 72.0 Å². The van der Waals surface area contributed by atoms with Crippen molar-refractivity contribution >= 4 is 23.5 Å². The predicted molar refractivity (Wildman–Crippen MR) is 121 cm³/mol. The molecule has 1 amide bonds. The number of rotatable bonds is 7. The molecule has 0 spiro atoms. The van der Waals surface area contributed by atoms with Gasteiger partial charge in [-0.2, -0.15) is 0 Å². The van der Waals surface area contributed by atoms with Crippen LogP contribution in [0.4, 0.5) is 6.01 Å². The van der Waals surface area contributed by atoms with Crippen LogP contribution in [-0.2, 0) is 17.6 Å². The van der Waals surface area contributed by atoms with E-state index in [-0.39, 0.29) is 12.3 Å². The molecule has 0 saturated carbocycles. The second kappa shape index (κ2) is 10.4. The number of carbonyl (C=O) groups excluding carboxylic acids is 1. The van der Waals surface area contributed by atoms with Gasteiger partial charge >= 0.3 is 6.01 Å². The third-order valence-corrected chi connectivity index (χ3v) is 5.75. The van der Waals surface area contributed by atoms with Crippen molar-refractivity contribution in [3.8, 4) is 0 Å². The van der Waals surface area contributed by atoms with Gasteiger partial charge in [0.1, 0.15) is 6.04 Å². The van der Waals surface area contributed by atoms with Crippen LogP contribution in [0.2, 0.25) is 5.02 Å². The van der Waals surface area contributed by atoms with Crippen molar-refractivity contribution in [1.82, 2.24) is 15.5 Å².